The third kappa shape index (κ3) is 2.92. The van der Waals surface area contributed by atoms with E-state index < -0.39 is 5.76 Å². The van der Waals surface area contributed by atoms with E-state index in [1.165, 1.54) is 0 Å². The third-order valence-electron chi connectivity index (χ3n) is 1.37. The number of aromatic nitrogens is 1. The molecule has 0 fully saturated rings. The van der Waals surface area contributed by atoms with Crippen molar-refractivity contribution in [3.63, 3.8) is 0 Å². The summed E-state index contributed by atoms with van der Waals surface area (Å²) in [5, 5.41) is 0. The van der Waals surface area contributed by atoms with Crippen molar-refractivity contribution in [3.05, 3.63) is 22.5 Å². The Kier molecular flexibility index (Phi) is 3.10. The summed E-state index contributed by atoms with van der Waals surface area (Å²) in [6, 6.07) is 0. The van der Waals surface area contributed by atoms with Gasteiger partial charge in [0.05, 0.1) is 12.7 Å². The van der Waals surface area contributed by atoms with Crippen LogP contribution >= 0.6 is 0 Å². The minimum absolute atomic E-state index is 0.218. The van der Waals surface area contributed by atoms with Crippen molar-refractivity contribution in [2.75, 3.05) is 6.61 Å². The molecule has 68 valence electrons. The number of hydrogen-bond donors (Lipinski definition) is 1. The summed E-state index contributed by atoms with van der Waals surface area (Å²) < 4.78 is 10.1. The summed E-state index contributed by atoms with van der Waals surface area (Å²) in [5.41, 5.74) is 0. The van der Waals surface area contributed by atoms with Crippen molar-refractivity contribution in [3.8, 4) is 0 Å². The second-order valence-corrected chi connectivity index (χ2v) is 2.81. The van der Waals surface area contributed by atoms with E-state index in [0.717, 1.165) is 0 Å². The molecule has 4 heteroatoms. The molecule has 1 N–H and O–H groups in total. The standard InChI is InChI=1S/C8H13NO3/c1-6(2)11-4-3-7-5-9-8(10)12-7/h5-6H,3-4H2,1-2H3,(H,9,10). The summed E-state index contributed by atoms with van der Waals surface area (Å²) in [6.45, 7) is 4.51. The summed E-state index contributed by atoms with van der Waals surface area (Å²) in [6.07, 6.45) is 2.42. The van der Waals surface area contributed by atoms with E-state index >= 15 is 0 Å². The maximum Gasteiger partial charge on any atom is 0.416 e. The Bertz CT molecular complexity index is 274. The molecule has 0 saturated carbocycles. The van der Waals surface area contributed by atoms with Crippen LogP contribution in [0.2, 0.25) is 0 Å². The van der Waals surface area contributed by atoms with Gasteiger partial charge >= 0.3 is 5.76 Å². The lowest BCUT2D eigenvalue weighted by Crippen LogP contribution is -2.05. The van der Waals surface area contributed by atoms with Gasteiger partial charge < -0.3 is 9.15 Å². The minimum Gasteiger partial charge on any atom is -0.413 e. The van der Waals surface area contributed by atoms with Gasteiger partial charge in [-0.15, -0.1) is 0 Å². The Morgan fingerprint density at radius 2 is 2.42 bits per heavy atom. The zero-order chi connectivity index (χ0) is 8.97. The van der Waals surface area contributed by atoms with Crippen LogP contribution < -0.4 is 5.76 Å². The van der Waals surface area contributed by atoms with Gasteiger partial charge in [0, 0.05) is 12.6 Å². The van der Waals surface area contributed by atoms with Crippen LogP contribution in [0.3, 0.4) is 0 Å². The Hall–Kier alpha value is -1.03. The van der Waals surface area contributed by atoms with Gasteiger partial charge in [-0.3, -0.25) is 4.98 Å². The number of oxazole rings is 1. The van der Waals surface area contributed by atoms with E-state index in [2.05, 4.69) is 4.98 Å². The zero-order valence-electron chi connectivity index (χ0n) is 7.29. The molecule has 0 aliphatic heterocycles. The highest BCUT2D eigenvalue weighted by molar-refractivity contribution is 4.88. The molecule has 1 aromatic rings. The van der Waals surface area contributed by atoms with Crippen molar-refractivity contribution in [2.24, 2.45) is 0 Å². The van der Waals surface area contributed by atoms with Crippen molar-refractivity contribution in [2.45, 2.75) is 26.4 Å². The van der Waals surface area contributed by atoms with E-state index in [4.69, 9.17) is 9.15 Å². The quantitative estimate of drug-likeness (QED) is 0.733. The molecule has 0 atom stereocenters. The highest BCUT2D eigenvalue weighted by Crippen LogP contribution is 1.96. The van der Waals surface area contributed by atoms with E-state index in [-0.39, 0.29) is 6.10 Å². The van der Waals surface area contributed by atoms with Crippen LogP contribution in [0.5, 0.6) is 0 Å². The highest BCUT2D eigenvalue weighted by atomic mass is 16.5. The van der Waals surface area contributed by atoms with E-state index in [0.29, 0.717) is 18.8 Å². The summed E-state index contributed by atoms with van der Waals surface area (Å²) >= 11 is 0. The van der Waals surface area contributed by atoms with Crippen LogP contribution in [0.15, 0.2) is 15.4 Å². The lowest BCUT2D eigenvalue weighted by molar-refractivity contribution is 0.0787. The Morgan fingerprint density at radius 1 is 1.67 bits per heavy atom. The van der Waals surface area contributed by atoms with Crippen LogP contribution in [0.1, 0.15) is 19.6 Å². The van der Waals surface area contributed by atoms with Gasteiger partial charge in [-0.2, -0.15) is 0 Å². The van der Waals surface area contributed by atoms with Crippen molar-refractivity contribution in [1.29, 1.82) is 0 Å². The average Bonchev–Trinajstić information content (AvgIpc) is 2.35. The van der Waals surface area contributed by atoms with Gasteiger partial charge in [-0.05, 0) is 13.8 Å². The second-order valence-electron chi connectivity index (χ2n) is 2.81. The highest BCUT2D eigenvalue weighted by Gasteiger charge is 1.99. The molecule has 1 aromatic heterocycles. The van der Waals surface area contributed by atoms with E-state index in [9.17, 15) is 4.79 Å². The molecular weight excluding hydrogens is 158 g/mol. The van der Waals surface area contributed by atoms with Crippen LogP contribution in [-0.2, 0) is 11.2 Å². The normalized spacial score (nSPS) is 10.9. The van der Waals surface area contributed by atoms with Crippen LogP contribution in [0, 0.1) is 0 Å². The van der Waals surface area contributed by atoms with Gasteiger partial charge in [-0.1, -0.05) is 0 Å². The van der Waals surface area contributed by atoms with Crippen LogP contribution in [0.25, 0.3) is 0 Å². The summed E-state index contributed by atoms with van der Waals surface area (Å²) in [4.78, 5) is 13.0. The monoisotopic (exact) mass is 171 g/mol. The van der Waals surface area contributed by atoms with Crippen LogP contribution in [-0.4, -0.2) is 17.7 Å². The predicted molar refractivity (Wildman–Crippen MR) is 44.1 cm³/mol. The smallest absolute Gasteiger partial charge is 0.413 e. The summed E-state index contributed by atoms with van der Waals surface area (Å²) in [5.74, 6) is 0.232. The first-order valence-corrected chi connectivity index (χ1v) is 3.97. The predicted octanol–water partition coefficient (Wildman–Crippen LogP) is 0.935. The molecule has 0 saturated heterocycles. The first kappa shape index (κ1) is 9.06. The maximum absolute atomic E-state index is 10.5. The zero-order valence-corrected chi connectivity index (χ0v) is 7.29. The van der Waals surface area contributed by atoms with Gasteiger partial charge in [0.1, 0.15) is 5.76 Å². The fourth-order valence-corrected chi connectivity index (χ4v) is 0.836. The number of ether oxygens (including phenoxy) is 1. The Balaban J connectivity index is 2.29. The SMILES string of the molecule is CC(C)OCCc1c[nH]c(=O)o1. The number of rotatable bonds is 4. The van der Waals surface area contributed by atoms with E-state index in [1.54, 1.807) is 6.20 Å². The molecule has 1 rings (SSSR count). The lowest BCUT2D eigenvalue weighted by Gasteiger charge is -2.04. The topological polar surface area (TPSA) is 55.2 Å². The Labute approximate surface area is 70.5 Å². The van der Waals surface area contributed by atoms with Crippen molar-refractivity contribution < 1.29 is 9.15 Å². The molecular formula is C8H13NO3. The largest absolute Gasteiger partial charge is 0.416 e. The molecule has 0 amide bonds. The molecule has 4 nitrogen and oxygen atoms in total. The van der Waals surface area contributed by atoms with Gasteiger partial charge in [-0.25, -0.2) is 4.79 Å². The maximum atomic E-state index is 10.5. The molecule has 12 heavy (non-hydrogen) atoms. The fraction of sp³-hybridized carbons (Fsp3) is 0.625. The molecule has 0 unspecified atom stereocenters. The minimum atomic E-state index is -0.408. The number of nitrogens with one attached hydrogen (secondary N) is 1. The molecule has 0 radical (unpaired) electrons. The Morgan fingerprint density at radius 3 is 2.92 bits per heavy atom. The molecule has 0 aliphatic rings. The number of hydrogen-bond acceptors (Lipinski definition) is 3. The molecule has 0 aliphatic carbocycles. The molecule has 1 heterocycles. The first-order chi connectivity index (χ1) is 5.68. The summed E-state index contributed by atoms with van der Waals surface area (Å²) in [7, 11) is 0. The van der Waals surface area contributed by atoms with E-state index in [1.807, 2.05) is 13.8 Å². The van der Waals surface area contributed by atoms with Crippen molar-refractivity contribution in [1.82, 2.24) is 4.98 Å². The van der Waals surface area contributed by atoms with Crippen molar-refractivity contribution >= 4 is 0 Å². The molecule has 0 spiro atoms. The number of H-pyrrole nitrogens is 1. The third-order valence-corrected chi connectivity index (χ3v) is 1.37. The second kappa shape index (κ2) is 4.11. The number of aromatic amines is 1. The lowest BCUT2D eigenvalue weighted by atomic mass is 10.4. The fourth-order valence-electron chi connectivity index (χ4n) is 0.836. The average molecular weight is 171 g/mol. The van der Waals surface area contributed by atoms with Gasteiger partial charge in [0.2, 0.25) is 0 Å². The molecule has 0 aromatic carbocycles. The molecule has 0 bridgehead atoms. The van der Waals surface area contributed by atoms with Gasteiger partial charge in [0.15, 0.2) is 0 Å². The van der Waals surface area contributed by atoms with Gasteiger partial charge in [0.25, 0.3) is 0 Å². The van der Waals surface area contributed by atoms with Crippen LogP contribution in [0.4, 0.5) is 0 Å². The first-order valence-electron chi connectivity index (χ1n) is 3.97.